The first-order valence-corrected chi connectivity index (χ1v) is 5.44. The molecule has 0 spiro atoms. The summed E-state index contributed by atoms with van der Waals surface area (Å²) in [6, 6.07) is 7.88. The summed E-state index contributed by atoms with van der Waals surface area (Å²) in [5.74, 6) is 6.62. The van der Waals surface area contributed by atoms with Gasteiger partial charge in [-0.25, -0.2) is 0 Å². The average Bonchev–Trinajstić information content (AvgIpc) is 2.35. The third kappa shape index (κ3) is 2.25. The predicted octanol–water partition coefficient (Wildman–Crippen LogP) is 2.22. The Labute approximate surface area is 95.6 Å². The molecule has 0 saturated heterocycles. The van der Waals surface area contributed by atoms with E-state index in [9.17, 15) is 4.79 Å². The van der Waals surface area contributed by atoms with Crippen molar-refractivity contribution >= 4 is 5.78 Å². The van der Waals surface area contributed by atoms with Gasteiger partial charge in [0.2, 0.25) is 0 Å². The largest absolute Gasteiger partial charge is 0.493 e. The van der Waals surface area contributed by atoms with Crippen molar-refractivity contribution in [1.82, 2.24) is 0 Å². The Hall–Kier alpha value is -1.75. The van der Waals surface area contributed by atoms with Crippen molar-refractivity contribution in [3.63, 3.8) is 0 Å². The Morgan fingerprint density at radius 3 is 3.12 bits per heavy atom. The molecule has 1 atom stereocenters. The van der Waals surface area contributed by atoms with Crippen LogP contribution in [0.2, 0.25) is 0 Å². The lowest BCUT2D eigenvalue weighted by atomic mass is 9.92. The number of ether oxygens (including phenoxy) is 1. The maximum atomic E-state index is 11.8. The highest BCUT2D eigenvalue weighted by Crippen LogP contribution is 2.27. The van der Waals surface area contributed by atoms with Gasteiger partial charge in [0, 0.05) is 0 Å². The molecule has 2 rings (SSSR count). The minimum absolute atomic E-state index is 0.0317. The van der Waals surface area contributed by atoms with E-state index in [1.54, 1.807) is 6.92 Å². The van der Waals surface area contributed by atoms with Crippen LogP contribution < -0.4 is 4.74 Å². The van der Waals surface area contributed by atoms with Gasteiger partial charge < -0.3 is 4.74 Å². The van der Waals surface area contributed by atoms with E-state index in [0.29, 0.717) is 13.0 Å². The number of rotatable bonds is 2. The Balaban J connectivity index is 2.07. The summed E-state index contributed by atoms with van der Waals surface area (Å²) in [5, 5.41) is 0. The van der Waals surface area contributed by atoms with Crippen molar-refractivity contribution in [3.8, 4) is 17.6 Å². The molecule has 2 nitrogen and oxygen atoms in total. The first-order valence-electron chi connectivity index (χ1n) is 5.44. The number of ketones is 1. The van der Waals surface area contributed by atoms with Gasteiger partial charge in [-0.2, -0.15) is 0 Å². The molecule has 0 saturated carbocycles. The Morgan fingerprint density at radius 1 is 1.50 bits per heavy atom. The fourth-order valence-electron chi connectivity index (χ4n) is 1.85. The molecule has 1 aromatic carbocycles. The van der Waals surface area contributed by atoms with Gasteiger partial charge >= 0.3 is 0 Å². The smallest absolute Gasteiger partial charge is 0.151 e. The van der Waals surface area contributed by atoms with E-state index < -0.39 is 0 Å². The molecule has 1 aliphatic heterocycles. The second-order valence-electron chi connectivity index (χ2n) is 3.89. The SMILES string of the molecule is CC#CCC(=O)C1COc2ccccc2C1. The van der Waals surface area contributed by atoms with Gasteiger partial charge in [-0.15, -0.1) is 5.92 Å². The molecule has 0 amide bonds. The van der Waals surface area contributed by atoms with Gasteiger partial charge in [0.15, 0.2) is 5.78 Å². The number of carbonyl (C=O) groups excluding carboxylic acids is 1. The minimum atomic E-state index is -0.0317. The van der Waals surface area contributed by atoms with Gasteiger partial charge in [0.1, 0.15) is 5.75 Å². The molecule has 2 heteroatoms. The Kier molecular flexibility index (Phi) is 3.26. The van der Waals surface area contributed by atoms with Crippen LogP contribution in [0.3, 0.4) is 0 Å². The molecule has 0 radical (unpaired) electrons. The molecule has 82 valence electrons. The standard InChI is InChI=1S/C14H14O2/c1-2-3-7-13(15)12-9-11-6-4-5-8-14(11)16-10-12/h4-6,8,12H,7,9-10H2,1H3. The molecule has 1 heterocycles. The number of Topliss-reactive ketones (excluding diaryl/α,β-unsaturated/α-hetero) is 1. The van der Waals surface area contributed by atoms with E-state index >= 15 is 0 Å². The third-order valence-corrected chi connectivity index (χ3v) is 2.77. The van der Waals surface area contributed by atoms with Crippen LogP contribution in [-0.4, -0.2) is 12.4 Å². The second kappa shape index (κ2) is 4.85. The van der Waals surface area contributed by atoms with Crippen molar-refractivity contribution in [2.24, 2.45) is 5.92 Å². The van der Waals surface area contributed by atoms with E-state index in [1.807, 2.05) is 24.3 Å². The van der Waals surface area contributed by atoms with Gasteiger partial charge in [-0.3, -0.25) is 4.79 Å². The van der Waals surface area contributed by atoms with Gasteiger partial charge in [0.25, 0.3) is 0 Å². The van der Waals surface area contributed by atoms with Crippen molar-refractivity contribution in [3.05, 3.63) is 29.8 Å². The number of benzene rings is 1. The average molecular weight is 214 g/mol. The van der Waals surface area contributed by atoms with Crippen molar-refractivity contribution in [2.45, 2.75) is 19.8 Å². The highest BCUT2D eigenvalue weighted by Gasteiger charge is 2.24. The topological polar surface area (TPSA) is 26.3 Å². The fraction of sp³-hybridized carbons (Fsp3) is 0.357. The number of para-hydroxylation sites is 1. The number of carbonyl (C=O) groups is 1. The summed E-state index contributed by atoms with van der Waals surface area (Å²) in [4.78, 5) is 11.8. The summed E-state index contributed by atoms with van der Waals surface area (Å²) < 4.78 is 5.57. The van der Waals surface area contributed by atoms with Gasteiger partial charge in [-0.1, -0.05) is 24.1 Å². The summed E-state index contributed by atoms with van der Waals surface area (Å²) in [5.41, 5.74) is 1.12. The Morgan fingerprint density at radius 2 is 2.31 bits per heavy atom. The molecule has 0 aliphatic carbocycles. The van der Waals surface area contributed by atoms with Crippen LogP contribution in [0.15, 0.2) is 24.3 Å². The van der Waals surface area contributed by atoms with E-state index in [2.05, 4.69) is 11.8 Å². The van der Waals surface area contributed by atoms with Crippen LogP contribution >= 0.6 is 0 Å². The van der Waals surface area contributed by atoms with E-state index in [0.717, 1.165) is 17.7 Å². The number of hydrogen-bond donors (Lipinski definition) is 0. The van der Waals surface area contributed by atoms with Crippen molar-refractivity contribution < 1.29 is 9.53 Å². The van der Waals surface area contributed by atoms with Crippen molar-refractivity contribution in [2.75, 3.05) is 6.61 Å². The fourth-order valence-corrected chi connectivity index (χ4v) is 1.85. The quantitative estimate of drug-likeness (QED) is 0.706. The summed E-state index contributed by atoms with van der Waals surface area (Å²) >= 11 is 0. The molecule has 1 aromatic rings. The molecule has 0 fully saturated rings. The molecule has 16 heavy (non-hydrogen) atoms. The van der Waals surface area contributed by atoms with Crippen LogP contribution in [0, 0.1) is 17.8 Å². The number of hydrogen-bond acceptors (Lipinski definition) is 2. The van der Waals surface area contributed by atoms with Crippen molar-refractivity contribution in [1.29, 1.82) is 0 Å². The monoisotopic (exact) mass is 214 g/mol. The zero-order chi connectivity index (χ0) is 11.4. The van der Waals surface area contributed by atoms with E-state index in [-0.39, 0.29) is 11.7 Å². The first-order chi connectivity index (χ1) is 7.81. The van der Waals surface area contributed by atoms with E-state index in [4.69, 9.17) is 4.74 Å². The summed E-state index contributed by atoms with van der Waals surface area (Å²) in [6.07, 6.45) is 1.12. The molecular formula is C14H14O2. The molecule has 0 bridgehead atoms. The minimum Gasteiger partial charge on any atom is -0.493 e. The molecular weight excluding hydrogens is 200 g/mol. The summed E-state index contributed by atoms with van der Waals surface area (Å²) in [6.45, 7) is 2.24. The highest BCUT2D eigenvalue weighted by atomic mass is 16.5. The van der Waals surface area contributed by atoms with E-state index in [1.165, 1.54) is 0 Å². The maximum absolute atomic E-state index is 11.8. The molecule has 0 aromatic heterocycles. The molecule has 1 aliphatic rings. The first kappa shape index (κ1) is 10.8. The van der Waals surface area contributed by atoms with Gasteiger partial charge in [-0.05, 0) is 25.0 Å². The Bertz CT molecular complexity index is 451. The van der Waals surface area contributed by atoms with Crippen LogP contribution in [-0.2, 0) is 11.2 Å². The maximum Gasteiger partial charge on any atom is 0.151 e. The lowest BCUT2D eigenvalue weighted by Crippen LogP contribution is -2.27. The lowest BCUT2D eigenvalue weighted by molar-refractivity contribution is -0.123. The zero-order valence-electron chi connectivity index (χ0n) is 9.32. The normalized spacial score (nSPS) is 17.7. The summed E-state index contributed by atoms with van der Waals surface area (Å²) in [7, 11) is 0. The van der Waals surface area contributed by atoms with Crippen LogP contribution in [0.25, 0.3) is 0 Å². The van der Waals surface area contributed by atoms with Crippen LogP contribution in [0.4, 0.5) is 0 Å². The molecule has 1 unspecified atom stereocenters. The van der Waals surface area contributed by atoms with Crippen LogP contribution in [0.5, 0.6) is 5.75 Å². The predicted molar refractivity (Wildman–Crippen MR) is 62.2 cm³/mol. The molecule has 0 N–H and O–H groups in total. The van der Waals surface area contributed by atoms with Crippen LogP contribution in [0.1, 0.15) is 18.9 Å². The highest BCUT2D eigenvalue weighted by molar-refractivity contribution is 5.84. The third-order valence-electron chi connectivity index (χ3n) is 2.77. The lowest BCUT2D eigenvalue weighted by Gasteiger charge is -2.23. The zero-order valence-corrected chi connectivity index (χ0v) is 9.32. The second-order valence-corrected chi connectivity index (χ2v) is 3.89. The number of fused-ring (bicyclic) bond motifs is 1. The van der Waals surface area contributed by atoms with Gasteiger partial charge in [0.05, 0.1) is 18.9 Å².